The van der Waals surface area contributed by atoms with Gasteiger partial charge in [0.15, 0.2) is 0 Å². The molecule has 0 spiro atoms. The average molecular weight is 627 g/mol. The zero-order valence-corrected chi connectivity index (χ0v) is 27.1. The molecular formula is C33H43ClN4O6. The quantitative estimate of drug-likeness (QED) is 0.204. The molecule has 0 fully saturated rings. The summed E-state index contributed by atoms with van der Waals surface area (Å²) in [5, 5.41) is 25.0. The molecule has 0 aliphatic carbocycles. The molecule has 4 heterocycles. The summed E-state index contributed by atoms with van der Waals surface area (Å²) < 4.78 is 0. The molecule has 44 heavy (non-hydrogen) atoms. The maximum Gasteiger partial charge on any atom is 0.303 e. The van der Waals surface area contributed by atoms with Gasteiger partial charge in [-0.15, -0.1) is 12.4 Å². The molecule has 1 aromatic heterocycles. The maximum absolute atomic E-state index is 12.4. The van der Waals surface area contributed by atoms with Gasteiger partial charge in [0.2, 0.25) is 11.8 Å². The Morgan fingerprint density at radius 1 is 0.841 bits per heavy atom. The number of nitrogens with zero attached hydrogens (tertiary/aromatic N) is 1. The number of allylic oxidation sites excluding steroid dienone is 2. The molecular weight excluding hydrogens is 584 g/mol. The van der Waals surface area contributed by atoms with Crippen molar-refractivity contribution in [2.75, 3.05) is 0 Å². The number of aromatic amines is 1. The van der Waals surface area contributed by atoms with Crippen LogP contribution in [0.4, 0.5) is 0 Å². The molecule has 0 radical (unpaired) electrons. The highest BCUT2D eigenvalue weighted by Gasteiger charge is 2.32. The van der Waals surface area contributed by atoms with Crippen LogP contribution in [0.1, 0.15) is 95.7 Å². The number of amides is 2. The highest BCUT2D eigenvalue weighted by Crippen LogP contribution is 2.35. The van der Waals surface area contributed by atoms with Gasteiger partial charge >= 0.3 is 11.9 Å². The van der Waals surface area contributed by atoms with E-state index in [1.54, 1.807) is 0 Å². The maximum atomic E-state index is 12.4. The Bertz CT molecular complexity index is 1540. The fraction of sp³-hybridized carbons (Fsp3) is 0.485. The number of nitrogens with one attached hydrogen (secondary N) is 3. The fourth-order valence-corrected chi connectivity index (χ4v) is 6.49. The normalized spacial score (nSPS) is 20.9. The molecule has 3 aliphatic heterocycles. The highest BCUT2D eigenvalue weighted by molar-refractivity contribution is 6.07. The first-order valence-corrected chi connectivity index (χ1v) is 15.0. The third-order valence-electron chi connectivity index (χ3n) is 9.09. The lowest BCUT2D eigenvalue weighted by Gasteiger charge is -2.14. The molecule has 4 rings (SSSR count). The monoisotopic (exact) mass is 626 g/mol. The second-order valence-corrected chi connectivity index (χ2v) is 11.6. The third-order valence-corrected chi connectivity index (χ3v) is 9.09. The number of carboxylic acids is 2. The minimum Gasteiger partial charge on any atom is -0.481 e. The van der Waals surface area contributed by atoms with Crippen molar-refractivity contribution in [3.05, 3.63) is 61.7 Å². The number of rotatable bonds is 13. The lowest BCUT2D eigenvalue weighted by atomic mass is 9.95. The van der Waals surface area contributed by atoms with Gasteiger partial charge in [-0.1, -0.05) is 13.8 Å². The van der Waals surface area contributed by atoms with Gasteiger partial charge in [0.1, 0.15) is 0 Å². The van der Waals surface area contributed by atoms with Gasteiger partial charge in [-0.2, -0.15) is 0 Å². The molecule has 0 bridgehead atoms. The first kappa shape index (κ1) is 34.6. The van der Waals surface area contributed by atoms with Crippen LogP contribution in [0.25, 0.3) is 6.08 Å². The molecule has 238 valence electrons. The van der Waals surface area contributed by atoms with E-state index in [9.17, 15) is 29.4 Å². The van der Waals surface area contributed by atoms with Crippen LogP contribution in [0.15, 0.2) is 44.1 Å². The van der Waals surface area contributed by atoms with Crippen LogP contribution in [0.3, 0.4) is 0 Å². The summed E-state index contributed by atoms with van der Waals surface area (Å²) in [6.07, 6.45) is 4.84. The van der Waals surface area contributed by atoms with E-state index in [0.717, 1.165) is 68.1 Å². The van der Waals surface area contributed by atoms with Crippen LogP contribution >= 0.6 is 12.4 Å². The molecule has 3 aliphatic rings. The molecule has 1 aromatic rings. The number of carboxylic acid groups (broad SMARTS) is 2. The Hall–Kier alpha value is -3.92. The van der Waals surface area contributed by atoms with E-state index in [4.69, 9.17) is 4.99 Å². The summed E-state index contributed by atoms with van der Waals surface area (Å²) in [4.78, 5) is 56.3. The Labute approximate surface area is 264 Å². The van der Waals surface area contributed by atoms with Crippen molar-refractivity contribution in [1.29, 1.82) is 0 Å². The topological polar surface area (TPSA) is 161 Å². The molecule has 0 saturated carbocycles. The minimum absolute atomic E-state index is 0. The van der Waals surface area contributed by atoms with E-state index in [-0.39, 0.29) is 49.1 Å². The number of aromatic nitrogens is 1. The van der Waals surface area contributed by atoms with Crippen molar-refractivity contribution in [2.45, 2.75) is 105 Å². The number of H-pyrrole nitrogens is 1. The van der Waals surface area contributed by atoms with E-state index in [1.165, 1.54) is 0 Å². The summed E-state index contributed by atoms with van der Waals surface area (Å²) in [5.41, 5.74) is 10.2. The Kier molecular flexibility index (Phi) is 11.2. The number of aliphatic carboxylic acids is 2. The molecule has 2 amide bonds. The number of halogens is 1. The Balaban J connectivity index is 0.00000529. The average Bonchev–Trinajstić information content (AvgIpc) is 3.59. The van der Waals surface area contributed by atoms with Crippen LogP contribution in [0.2, 0.25) is 0 Å². The molecule has 2 unspecified atom stereocenters. The first-order valence-electron chi connectivity index (χ1n) is 15.0. The van der Waals surface area contributed by atoms with E-state index < -0.39 is 11.9 Å². The van der Waals surface area contributed by atoms with Gasteiger partial charge in [-0.05, 0) is 92.9 Å². The van der Waals surface area contributed by atoms with E-state index in [1.807, 2.05) is 47.6 Å². The van der Waals surface area contributed by atoms with Crippen molar-refractivity contribution < 1.29 is 29.4 Å². The van der Waals surface area contributed by atoms with Gasteiger partial charge < -0.3 is 25.8 Å². The second kappa shape index (κ2) is 14.2. The van der Waals surface area contributed by atoms with Crippen molar-refractivity contribution in [2.24, 2.45) is 4.99 Å². The molecule has 10 nitrogen and oxygen atoms in total. The summed E-state index contributed by atoms with van der Waals surface area (Å²) in [6, 6.07) is -0.314. The van der Waals surface area contributed by atoms with Crippen molar-refractivity contribution >= 4 is 47.9 Å². The van der Waals surface area contributed by atoms with Gasteiger partial charge in [0.05, 0.1) is 17.8 Å². The van der Waals surface area contributed by atoms with Crippen molar-refractivity contribution in [3.63, 3.8) is 0 Å². The largest absolute Gasteiger partial charge is 0.481 e. The minimum atomic E-state index is -0.906. The lowest BCUT2D eigenvalue weighted by molar-refractivity contribution is -0.138. The molecule has 11 heteroatoms. The van der Waals surface area contributed by atoms with Crippen molar-refractivity contribution in [3.8, 4) is 0 Å². The van der Waals surface area contributed by atoms with Gasteiger partial charge in [0, 0.05) is 53.9 Å². The van der Waals surface area contributed by atoms with E-state index in [0.29, 0.717) is 37.8 Å². The van der Waals surface area contributed by atoms with Gasteiger partial charge in [-0.3, -0.25) is 24.2 Å². The van der Waals surface area contributed by atoms with Crippen LogP contribution in [-0.2, 0) is 32.0 Å². The van der Waals surface area contributed by atoms with Crippen LogP contribution in [-0.4, -0.2) is 56.7 Å². The zero-order valence-electron chi connectivity index (χ0n) is 26.3. The summed E-state index contributed by atoms with van der Waals surface area (Å²) in [7, 11) is 0. The van der Waals surface area contributed by atoms with Crippen LogP contribution in [0.5, 0.6) is 0 Å². The van der Waals surface area contributed by atoms with Crippen LogP contribution < -0.4 is 10.6 Å². The summed E-state index contributed by atoms with van der Waals surface area (Å²) in [5.74, 6) is -1.93. The van der Waals surface area contributed by atoms with E-state index >= 15 is 0 Å². The van der Waals surface area contributed by atoms with E-state index in [2.05, 4.69) is 15.6 Å². The molecule has 2 atom stereocenters. The van der Waals surface area contributed by atoms with Crippen molar-refractivity contribution in [1.82, 2.24) is 15.6 Å². The highest BCUT2D eigenvalue weighted by atomic mass is 35.5. The predicted molar refractivity (Wildman–Crippen MR) is 172 cm³/mol. The Morgan fingerprint density at radius 3 is 2.07 bits per heavy atom. The zero-order chi connectivity index (χ0) is 31.6. The first-order chi connectivity index (χ1) is 20.4. The standard InChI is InChI=1S/C33H42N4O6.ClH/c1-7-20-19(6)32(42)37-27(20)14-25-18(5)23(10-12-31(40)41)29(35-25)15-28-22(9-11-30(38)39)17(4)24(34-28)13-26-16(3)21(8-2)33(43)36-26;/h15,26-27,35H,7-14H2,1-6H3,(H,36,43)(H,37,42)(H,38,39)(H,40,41);1H/b28-15-;. The number of aliphatic imine (C=N–C) groups is 1. The van der Waals surface area contributed by atoms with Gasteiger partial charge in [-0.25, -0.2) is 0 Å². The third kappa shape index (κ3) is 7.07. The van der Waals surface area contributed by atoms with Gasteiger partial charge in [0.25, 0.3) is 0 Å². The smallest absolute Gasteiger partial charge is 0.303 e. The second-order valence-electron chi connectivity index (χ2n) is 11.6. The summed E-state index contributed by atoms with van der Waals surface area (Å²) >= 11 is 0. The summed E-state index contributed by atoms with van der Waals surface area (Å²) in [6.45, 7) is 11.7. The molecule has 0 saturated heterocycles. The van der Waals surface area contributed by atoms with Crippen LogP contribution in [0, 0.1) is 6.92 Å². The molecule has 0 aromatic carbocycles. The molecule has 5 N–H and O–H groups in total. The number of hydrogen-bond acceptors (Lipinski definition) is 5. The number of carbonyl (C=O) groups excluding carboxylic acids is 2. The predicted octanol–water partition coefficient (Wildman–Crippen LogP) is 5.12. The number of hydrogen-bond donors (Lipinski definition) is 5. The SMILES string of the molecule is CCC1=C(C)C(CC2=N/C(=C\c3[nH]c(CC4NC(=O)C(C)=C4CC)c(C)c3CCC(=O)O)C(CCC(=O)O)=C2C)NC1=O.Cl. The number of carbonyl (C=O) groups is 4. The lowest BCUT2D eigenvalue weighted by Crippen LogP contribution is -2.31. The fourth-order valence-electron chi connectivity index (χ4n) is 6.49. The Morgan fingerprint density at radius 2 is 1.48 bits per heavy atom.